The van der Waals surface area contributed by atoms with Crippen molar-refractivity contribution in [2.45, 2.75) is 19.3 Å². The first-order valence-electron chi connectivity index (χ1n) is 4.86. The van der Waals surface area contributed by atoms with Crippen LogP contribution in [0.1, 0.15) is 29.6 Å². The van der Waals surface area contributed by atoms with E-state index < -0.39 is 0 Å². The zero-order chi connectivity index (χ0) is 10.2. The minimum Gasteiger partial charge on any atom is -0.282 e. The van der Waals surface area contributed by atoms with E-state index >= 15 is 0 Å². The molecule has 75 valence electrons. The maximum atomic E-state index is 11.6. The van der Waals surface area contributed by atoms with Crippen LogP contribution in [0, 0.1) is 6.92 Å². The second-order valence-electron chi connectivity index (χ2n) is 3.06. The normalized spacial score (nSPS) is 10.1. The molecule has 0 saturated carbocycles. The van der Waals surface area contributed by atoms with Crippen molar-refractivity contribution in [2.24, 2.45) is 0 Å². The van der Waals surface area contributed by atoms with Gasteiger partial charge in [0, 0.05) is 11.3 Å². The van der Waals surface area contributed by atoms with Gasteiger partial charge in [-0.2, -0.15) is 0 Å². The highest BCUT2D eigenvalue weighted by molar-refractivity contribution is 8.14. The zero-order valence-corrected chi connectivity index (χ0v) is 9.06. The Morgan fingerprint density at radius 1 is 1.21 bits per heavy atom. The first-order valence-corrected chi connectivity index (χ1v) is 5.84. The summed E-state index contributed by atoms with van der Waals surface area (Å²) in [6, 6.07) is 9.42. The molecule has 0 spiro atoms. The second-order valence-corrected chi connectivity index (χ2v) is 4.13. The summed E-state index contributed by atoms with van der Waals surface area (Å²) in [6.45, 7) is 3.77. The highest BCUT2D eigenvalue weighted by Crippen LogP contribution is 2.13. The van der Waals surface area contributed by atoms with Gasteiger partial charge in [0.1, 0.15) is 0 Å². The lowest BCUT2D eigenvalue weighted by molar-refractivity contribution is 0.108. The van der Waals surface area contributed by atoms with Crippen LogP contribution >= 0.6 is 11.8 Å². The SMILES string of the molecule is [CH2]CCCCSC(=O)c1ccccc1. The lowest BCUT2D eigenvalue weighted by Gasteiger charge is -1.99. The maximum absolute atomic E-state index is 11.6. The van der Waals surface area contributed by atoms with Gasteiger partial charge in [-0.3, -0.25) is 4.79 Å². The van der Waals surface area contributed by atoms with E-state index in [2.05, 4.69) is 6.92 Å². The fourth-order valence-electron chi connectivity index (χ4n) is 1.10. The Morgan fingerprint density at radius 2 is 1.93 bits per heavy atom. The molecule has 0 aliphatic heterocycles. The van der Waals surface area contributed by atoms with Crippen LogP contribution in [-0.4, -0.2) is 10.9 Å². The fourth-order valence-corrected chi connectivity index (χ4v) is 1.94. The number of benzene rings is 1. The third kappa shape index (κ3) is 3.97. The maximum Gasteiger partial charge on any atom is 0.219 e. The van der Waals surface area contributed by atoms with Gasteiger partial charge in [-0.15, -0.1) is 0 Å². The molecule has 0 heterocycles. The summed E-state index contributed by atoms with van der Waals surface area (Å²) < 4.78 is 0. The van der Waals surface area contributed by atoms with Gasteiger partial charge in [-0.1, -0.05) is 61.9 Å². The van der Waals surface area contributed by atoms with Crippen LogP contribution in [0.15, 0.2) is 30.3 Å². The van der Waals surface area contributed by atoms with Crippen LogP contribution in [-0.2, 0) is 0 Å². The highest BCUT2D eigenvalue weighted by atomic mass is 32.2. The molecule has 0 atom stereocenters. The smallest absolute Gasteiger partial charge is 0.219 e. The van der Waals surface area contributed by atoms with E-state index in [4.69, 9.17) is 0 Å². The predicted molar refractivity (Wildman–Crippen MR) is 62.4 cm³/mol. The van der Waals surface area contributed by atoms with Crippen LogP contribution in [0.4, 0.5) is 0 Å². The first kappa shape index (κ1) is 11.3. The molecule has 1 rings (SSSR count). The van der Waals surface area contributed by atoms with E-state index in [1.807, 2.05) is 30.3 Å². The molecule has 0 saturated heterocycles. The molecule has 0 N–H and O–H groups in total. The van der Waals surface area contributed by atoms with E-state index in [0.29, 0.717) is 0 Å². The molecule has 1 aromatic rings. The monoisotopic (exact) mass is 207 g/mol. The van der Waals surface area contributed by atoms with E-state index in [1.54, 1.807) is 0 Å². The van der Waals surface area contributed by atoms with Crippen molar-refractivity contribution in [1.29, 1.82) is 0 Å². The van der Waals surface area contributed by atoms with Gasteiger partial charge in [-0.25, -0.2) is 0 Å². The van der Waals surface area contributed by atoms with Crippen LogP contribution < -0.4 is 0 Å². The molecule has 0 aliphatic rings. The van der Waals surface area contributed by atoms with Crippen molar-refractivity contribution in [3.05, 3.63) is 42.8 Å². The molecule has 0 amide bonds. The van der Waals surface area contributed by atoms with Gasteiger partial charge in [0.15, 0.2) is 0 Å². The Hall–Kier alpha value is -0.760. The van der Waals surface area contributed by atoms with E-state index in [0.717, 1.165) is 30.6 Å². The van der Waals surface area contributed by atoms with Crippen molar-refractivity contribution in [1.82, 2.24) is 0 Å². The van der Waals surface area contributed by atoms with Crippen LogP contribution in [0.25, 0.3) is 0 Å². The van der Waals surface area contributed by atoms with Crippen LogP contribution in [0.5, 0.6) is 0 Å². The third-order valence-electron chi connectivity index (χ3n) is 1.89. The Balaban J connectivity index is 2.29. The molecule has 0 fully saturated rings. The number of rotatable bonds is 5. The van der Waals surface area contributed by atoms with E-state index in [-0.39, 0.29) is 5.12 Å². The predicted octanol–water partition coefficient (Wildman–Crippen LogP) is 3.56. The summed E-state index contributed by atoms with van der Waals surface area (Å²) in [5, 5.41) is 0.176. The first-order chi connectivity index (χ1) is 6.84. The minimum absolute atomic E-state index is 0.176. The highest BCUT2D eigenvalue weighted by Gasteiger charge is 2.04. The van der Waals surface area contributed by atoms with Gasteiger partial charge in [-0.05, 0) is 6.42 Å². The lowest BCUT2D eigenvalue weighted by atomic mass is 10.2. The number of carbonyl (C=O) groups excluding carboxylic acids is 1. The molecule has 2 heteroatoms. The molecule has 0 unspecified atom stereocenters. The molecule has 1 aromatic carbocycles. The Kier molecular flexibility index (Phi) is 5.38. The van der Waals surface area contributed by atoms with E-state index in [9.17, 15) is 4.79 Å². The number of thioether (sulfide) groups is 1. The third-order valence-corrected chi connectivity index (χ3v) is 2.88. The molecule has 0 aromatic heterocycles. The largest absolute Gasteiger partial charge is 0.282 e. The fraction of sp³-hybridized carbons (Fsp3) is 0.333. The van der Waals surface area contributed by atoms with Crippen LogP contribution in [0.3, 0.4) is 0 Å². The second kappa shape index (κ2) is 6.66. The topological polar surface area (TPSA) is 17.1 Å². The molecular weight excluding hydrogens is 192 g/mol. The standard InChI is InChI=1S/C12H15OS/c1-2-3-7-10-14-12(13)11-8-5-4-6-9-11/h4-6,8-9H,1-3,7,10H2. The number of hydrogen-bond acceptors (Lipinski definition) is 2. The lowest BCUT2D eigenvalue weighted by Crippen LogP contribution is -1.94. The molecule has 1 radical (unpaired) electrons. The Bertz CT molecular complexity index is 269. The van der Waals surface area contributed by atoms with Crippen LogP contribution in [0.2, 0.25) is 0 Å². The van der Waals surface area contributed by atoms with E-state index in [1.165, 1.54) is 11.8 Å². The Morgan fingerprint density at radius 3 is 2.57 bits per heavy atom. The van der Waals surface area contributed by atoms with Gasteiger partial charge in [0.05, 0.1) is 0 Å². The molecule has 0 bridgehead atoms. The summed E-state index contributed by atoms with van der Waals surface area (Å²) in [5.41, 5.74) is 0.798. The molecule has 14 heavy (non-hydrogen) atoms. The van der Waals surface area contributed by atoms with Crippen molar-refractivity contribution in [3.8, 4) is 0 Å². The number of unbranched alkanes of at least 4 members (excludes halogenated alkanes) is 2. The quantitative estimate of drug-likeness (QED) is 0.687. The van der Waals surface area contributed by atoms with Crippen molar-refractivity contribution in [2.75, 3.05) is 5.75 Å². The van der Waals surface area contributed by atoms with Gasteiger partial charge in [0.25, 0.3) is 0 Å². The zero-order valence-electron chi connectivity index (χ0n) is 8.24. The van der Waals surface area contributed by atoms with Gasteiger partial charge < -0.3 is 0 Å². The van der Waals surface area contributed by atoms with Gasteiger partial charge in [0.2, 0.25) is 5.12 Å². The summed E-state index contributed by atoms with van der Waals surface area (Å²) in [5.74, 6) is 0.906. The number of carbonyl (C=O) groups is 1. The average molecular weight is 207 g/mol. The van der Waals surface area contributed by atoms with Crippen molar-refractivity contribution >= 4 is 16.9 Å². The van der Waals surface area contributed by atoms with Crippen molar-refractivity contribution < 1.29 is 4.79 Å². The van der Waals surface area contributed by atoms with Gasteiger partial charge >= 0.3 is 0 Å². The molecule has 0 aliphatic carbocycles. The average Bonchev–Trinajstić information content (AvgIpc) is 2.25. The molecular formula is C12H15OS. The minimum atomic E-state index is 0.176. The summed E-state index contributed by atoms with van der Waals surface area (Å²) in [7, 11) is 0. The van der Waals surface area contributed by atoms with Crippen molar-refractivity contribution in [3.63, 3.8) is 0 Å². The Labute approximate surface area is 89.9 Å². The summed E-state index contributed by atoms with van der Waals surface area (Å²) in [6.07, 6.45) is 3.14. The molecule has 1 nitrogen and oxygen atoms in total. The summed E-state index contributed by atoms with van der Waals surface area (Å²) >= 11 is 1.40. The number of hydrogen-bond donors (Lipinski definition) is 0. The summed E-state index contributed by atoms with van der Waals surface area (Å²) in [4.78, 5) is 11.6.